The molecule has 0 aromatic heterocycles. The van der Waals surface area contributed by atoms with Gasteiger partial charge in [-0.05, 0) is 39.5 Å². The Morgan fingerprint density at radius 1 is 1.31 bits per heavy atom. The van der Waals surface area contributed by atoms with Crippen molar-refractivity contribution in [2.24, 2.45) is 5.41 Å². The van der Waals surface area contributed by atoms with Crippen LogP contribution in [0.15, 0.2) is 11.1 Å². The Hall–Kier alpha value is -0.790. The van der Waals surface area contributed by atoms with Crippen molar-refractivity contribution in [3.05, 3.63) is 11.1 Å². The molecule has 2 heteroatoms. The number of nitrogens with zero attached hydrogens (tertiary/aromatic N) is 1. The lowest BCUT2D eigenvalue weighted by Crippen LogP contribution is -2.49. The molecule has 0 spiro atoms. The van der Waals surface area contributed by atoms with Crippen LogP contribution in [0.3, 0.4) is 0 Å². The number of carbonyl (C=O) groups is 1. The summed E-state index contributed by atoms with van der Waals surface area (Å²) >= 11 is 0. The van der Waals surface area contributed by atoms with Gasteiger partial charge in [-0.1, -0.05) is 26.3 Å². The first kappa shape index (κ1) is 13.3. The van der Waals surface area contributed by atoms with Crippen molar-refractivity contribution in [3.8, 4) is 0 Å². The summed E-state index contributed by atoms with van der Waals surface area (Å²) in [5.41, 5.74) is 2.23. The zero-order chi connectivity index (χ0) is 12.7. The SMILES string of the molecule is CC1=C(C(C)(C)C)C(=O)N(C(C)C)[C@H](C)C1. The number of rotatable bonds is 1. The Bertz CT molecular complexity index is 320. The molecular weight excluding hydrogens is 198 g/mol. The summed E-state index contributed by atoms with van der Waals surface area (Å²) in [6.07, 6.45) is 1.01. The second kappa shape index (κ2) is 4.23. The van der Waals surface area contributed by atoms with Gasteiger partial charge >= 0.3 is 0 Å². The van der Waals surface area contributed by atoms with Crippen molar-refractivity contribution in [3.63, 3.8) is 0 Å². The Morgan fingerprint density at radius 3 is 2.19 bits per heavy atom. The van der Waals surface area contributed by atoms with E-state index < -0.39 is 0 Å². The molecule has 0 aliphatic carbocycles. The van der Waals surface area contributed by atoms with E-state index in [1.54, 1.807) is 0 Å². The van der Waals surface area contributed by atoms with Crippen LogP contribution in [0.4, 0.5) is 0 Å². The highest BCUT2D eigenvalue weighted by Crippen LogP contribution is 2.36. The lowest BCUT2D eigenvalue weighted by atomic mass is 9.78. The van der Waals surface area contributed by atoms with Crippen LogP contribution >= 0.6 is 0 Å². The summed E-state index contributed by atoms with van der Waals surface area (Å²) < 4.78 is 0. The van der Waals surface area contributed by atoms with E-state index in [0.717, 1.165) is 12.0 Å². The largest absolute Gasteiger partial charge is 0.333 e. The fourth-order valence-electron chi connectivity index (χ4n) is 2.86. The molecular formula is C14H25NO. The molecule has 0 N–H and O–H groups in total. The van der Waals surface area contributed by atoms with E-state index in [0.29, 0.717) is 6.04 Å². The molecule has 0 unspecified atom stereocenters. The van der Waals surface area contributed by atoms with Crippen molar-refractivity contribution < 1.29 is 4.79 Å². The maximum Gasteiger partial charge on any atom is 0.250 e. The molecule has 1 atom stereocenters. The van der Waals surface area contributed by atoms with E-state index in [9.17, 15) is 4.79 Å². The van der Waals surface area contributed by atoms with Crippen molar-refractivity contribution >= 4 is 5.91 Å². The molecule has 0 saturated heterocycles. The van der Waals surface area contributed by atoms with Gasteiger partial charge in [-0.15, -0.1) is 0 Å². The minimum absolute atomic E-state index is 0.0472. The monoisotopic (exact) mass is 223 g/mol. The Labute approximate surface area is 99.7 Å². The third kappa shape index (κ3) is 2.31. The predicted octanol–water partition coefficient (Wildman–Crippen LogP) is 3.38. The molecule has 1 aliphatic heterocycles. The summed E-state index contributed by atoms with van der Waals surface area (Å²) in [6.45, 7) is 14.8. The fraction of sp³-hybridized carbons (Fsp3) is 0.786. The highest BCUT2D eigenvalue weighted by Gasteiger charge is 2.36. The standard InChI is InChI=1S/C14H25NO/c1-9(2)15-11(4)8-10(3)12(13(15)16)14(5,6)7/h9,11H,8H2,1-7H3/t11-/m1/s1. The first-order valence-corrected chi connectivity index (χ1v) is 6.19. The summed E-state index contributed by atoms with van der Waals surface area (Å²) in [5.74, 6) is 0.235. The molecule has 1 rings (SSSR count). The van der Waals surface area contributed by atoms with E-state index in [-0.39, 0.29) is 17.4 Å². The maximum atomic E-state index is 12.5. The Balaban J connectivity index is 3.18. The molecule has 1 aliphatic rings. The minimum Gasteiger partial charge on any atom is -0.333 e. The first-order chi connectivity index (χ1) is 7.16. The van der Waals surface area contributed by atoms with Gasteiger partial charge in [-0.3, -0.25) is 4.79 Å². The molecule has 1 heterocycles. The summed E-state index contributed by atoms with van der Waals surface area (Å²) in [6, 6.07) is 0.617. The van der Waals surface area contributed by atoms with E-state index in [4.69, 9.17) is 0 Å². The van der Waals surface area contributed by atoms with Gasteiger partial charge in [0, 0.05) is 17.7 Å². The van der Waals surface area contributed by atoms with Gasteiger partial charge in [0.05, 0.1) is 0 Å². The van der Waals surface area contributed by atoms with Gasteiger partial charge in [0.15, 0.2) is 0 Å². The lowest BCUT2D eigenvalue weighted by molar-refractivity contribution is -0.133. The second-order valence-corrected chi connectivity index (χ2v) is 6.26. The zero-order valence-corrected chi connectivity index (χ0v) is 11.7. The molecule has 0 radical (unpaired) electrons. The van der Waals surface area contributed by atoms with Crippen molar-refractivity contribution in [1.82, 2.24) is 4.90 Å². The number of amides is 1. The van der Waals surface area contributed by atoms with Crippen molar-refractivity contribution in [2.45, 2.75) is 67.0 Å². The highest BCUT2D eigenvalue weighted by atomic mass is 16.2. The second-order valence-electron chi connectivity index (χ2n) is 6.26. The quantitative estimate of drug-likeness (QED) is 0.667. The van der Waals surface area contributed by atoms with Gasteiger partial charge in [0.1, 0.15) is 0 Å². The molecule has 2 nitrogen and oxygen atoms in total. The van der Waals surface area contributed by atoms with Crippen LogP contribution in [0.2, 0.25) is 0 Å². The van der Waals surface area contributed by atoms with Gasteiger partial charge in [-0.25, -0.2) is 0 Å². The zero-order valence-electron chi connectivity index (χ0n) is 11.7. The Kier molecular flexibility index (Phi) is 3.51. The first-order valence-electron chi connectivity index (χ1n) is 6.19. The Morgan fingerprint density at radius 2 is 1.81 bits per heavy atom. The molecule has 0 aromatic rings. The molecule has 0 saturated carbocycles. The van der Waals surface area contributed by atoms with Crippen LogP contribution in [0.5, 0.6) is 0 Å². The number of hydrogen-bond donors (Lipinski definition) is 0. The smallest absolute Gasteiger partial charge is 0.250 e. The average Bonchev–Trinajstić information content (AvgIpc) is 1.97. The number of carbonyl (C=O) groups excluding carboxylic acids is 1. The topological polar surface area (TPSA) is 20.3 Å². The fourth-order valence-corrected chi connectivity index (χ4v) is 2.86. The van der Waals surface area contributed by atoms with Crippen LogP contribution in [0, 0.1) is 5.41 Å². The van der Waals surface area contributed by atoms with E-state index >= 15 is 0 Å². The normalized spacial score (nSPS) is 23.4. The van der Waals surface area contributed by atoms with Crippen molar-refractivity contribution in [2.75, 3.05) is 0 Å². The molecule has 0 bridgehead atoms. The third-order valence-corrected chi connectivity index (χ3v) is 3.26. The van der Waals surface area contributed by atoms with E-state index in [2.05, 4.69) is 48.5 Å². The van der Waals surface area contributed by atoms with Gasteiger partial charge in [0.2, 0.25) is 0 Å². The summed E-state index contributed by atoms with van der Waals surface area (Å²) in [4.78, 5) is 14.5. The summed E-state index contributed by atoms with van der Waals surface area (Å²) in [7, 11) is 0. The van der Waals surface area contributed by atoms with Crippen LogP contribution in [-0.4, -0.2) is 22.9 Å². The third-order valence-electron chi connectivity index (χ3n) is 3.26. The molecule has 0 aromatic carbocycles. The van der Waals surface area contributed by atoms with Gasteiger partial charge < -0.3 is 4.90 Å². The van der Waals surface area contributed by atoms with Gasteiger partial charge in [-0.2, -0.15) is 0 Å². The van der Waals surface area contributed by atoms with Crippen LogP contribution in [0.25, 0.3) is 0 Å². The molecule has 0 fully saturated rings. The van der Waals surface area contributed by atoms with E-state index in [1.165, 1.54) is 5.57 Å². The van der Waals surface area contributed by atoms with Crippen molar-refractivity contribution in [1.29, 1.82) is 0 Å². The summed E-state index contributed by atoms with van der Waals surface area (Å²) in [5, 5.41) is 0. The minimum atomic E-state index is -0.0472. The molecule has 92 valence electrons. The van der Waals surface area contributed by atoms with Crippen LogP contribution < -0.4 is 0 Å². The van der Waals surface area contributed by atoms with Crippen LogP contribution in [-0.2, 0) is 4.79 Å². The highest BCUT2D eigenvalue weighted by molar-refractivity contribution is 5.96. The molecule has 1 amide bonds. The van der Waals surface area contributed by atoms with Crippen LogP contribution in [0.1, 0.15) is 54.9 Å². The average molecular weight is 223 g/mol. The molecule has 16 heavy (non-hydrogen) atoms. The lowest BCUT2D eigenvalue weighted by Gasteiger charge is -2.41. The maximum absolute atomic E-state index is 12.5. The number of hydrogen-bond acceptors (Lipinski definition) is 1. The van der Waals surface area contributed by atoms with Gasteiger partial charge in [0.25, 0.3) is 5.91 Å². The predicted molar refractivity (Wildman–Crippen MR) is 68.2 cm³/mol. The van der Waals surface area contributed by atoms with E-state index in [1.807, 2.05) is 4.90 Å².